The van der Waals surface area contributed by atoms with Gasteiger partial charge in [-0.05, 0) is 55.8 Å². The quantitative estimate of drug-likeness (QED) is 0.670. The summed E-state index contributed by atoms with van der Waals surface area (Å²) in [5, 5.41) is 1.87. The van der Waals surface area contributed by atoms with Crippen LogP contribution in [0.5, 0.6) is 11.5 Å². The molecule has 4 nitrogen and oxygen atoms in total. The summed E-state index contributed by atoms with van der Waals surface area (Å²) in [4.78, 5) is 4.86. The number of benzene rings is 2. The molecule has 0 N–H and O–H groups in total. The van der Waals surface area contributed by atoms with Gasteiger partial charge in [-0.25, -0.2) is 0 Å². The summed E-state index contributed by atoms with van der Waals surface area (Å²) in [5.41, 5.74) is 1.77. The Morgan fingerprint density at radius 3 is 2.28 bits per heavy atom. The Balaban J connectivity index is 2.22. The zero-order chi connectivity index (χ0) is 17.8. The standard InChI is InChI=1S/C21H23NO3/c1-5-14(2)22-19-13-21(15-6-8-16(23-3)9-7-15)25-20-11-10-17(24-4)12-18(19)20/h6-14H,5H2,1-4H3/t14-/m0/s1. The highest BCUT2D eigenvalue weighted by atomic mass is 16.5. The Morgan fingerprint density at radius 1 is 0.960 bits per heavy atom. The van der Waals surface area contributed by atoms with Crippen molar-refractivity contribution in [1.29, 1.82) is 0 Å². The number of fused-ring (bicyclic) bond motifs is 1. The summed E-state index contributed by atoms with van der Waals surface area (Å²) in [6, 6.07) is 15.9. The molecule has 0 saturated heterocycles. The highest BCUT2D eigenvalue weighted by Crippen LogP contribution is 2.26. The highest BCUT2D eigenvalue weighted by molar-refractivity contribution is 5.80. The molecule has 3 rings (SSSR count). The molecule has 0 aliphatic rings. The van der Waals surface area contributed by atoms with Gasteiger partial charge < -0.3 is 13.9 Å². The van der Waals surface area contributed by atoms with Crippen molar-refractivity contribution in [3.63, 3.8) is 0 Å². The molecule has 0 fully saturated rings. The minimum atomic E-state index is 0.237. The van der Waals surface area contributed by atoms with Crippen molar-refractivity contribution in [2.24, 2.45) is 4.99 Å². The minimum absolute atomic E-state index is 0.237. The molecule has 0 saturated carbocycles. The molecule has 0 radical (unpaired) electrons. The van der Waals surface area contributed by atoms with Crippen LogP contribution >= 0.6 is 0 Å². The lowest BCUT2D eigenvalue weighted by molar-refractivity contribution is 0.414. The average molecular weight is 337 g/mol. The number of nitrogens with zero attached hydrogens (tertiary/aromatic N) is 1. The Kier molecular flexibility index (Phi) is 5.08. The molecule has 2 aromatic carbocycles. The van der Waals surface area contributed by atoms with E-state index in [2.05, 4.69) is 13.8 Å². The van der Waals surface area contributed by atoms with Crippen molar-refractivity contribution in [2.75, 3.05) is 14.2 Å². The van der Waals surface area contributed by atoms with E-state index in [1.807, 2.05) is 48.5 Å². The van der Waals surface area contributed by atoms with Crippen LogP contribution in [0.15, 0.2) is 57.9 Å². The maximum absolute atomic E-state index is 6.12. The summed E-state index contributed by atoms with van der Waals surface area (Å²) < 4.78 is 16.7. The maximum Gasteiger partial charge on any atom is 0.137 e. The molecule has 25 heavy (non-hydrogen) atoms. The van der Waals surface area contributed by atoms with E-state index in [4.69, 9.17) is 18.9 Å². The molecule has 1 atom stereocenters. The van der Waals surface area contributed by atoms with E-state index < -0.39 is 0 Å². The smallest absolute Gasteiger partial charge is 0.137 e. The molecule has 1 heterocycles. The first-order chi connectivity index (χ1) is 12.1. The van der Waals surface area contributed by atoms with Gasteiger partial charge in [-0.1, -0.05) is 6.92 Å². The van der Waals surface area contributed by atoms with E-state index >= 15 is 0 Å². The van der Waals surface area contributed by atoms with Gasteiger partial charge in [-0.2, -0.15) is 0 Å². The van der Waals surface area contributed by atoms with Gasteiger partial charge in [0.05, 0.1) is 19.6 Å². The van der Waals surface area contributed by atoms with E-state index in [-0.39, 0.29) is 6.04 Å². The van der Waals surface area contributed by atoms with E-state index in [0.29, 0.717) is 0 Å². The SMILES string of the molecule is CC[C@H](C)N=c1cc(-c2ccc(OC)cc2)oc2ccc(OC)cc12. The Hall–Kier alpha value is -2.75. The van der Waals surface area contributed by atoms with Crippen LogP contribution in [0.25, 0.3) is 22.3 Å². The van der Waals surface area contributed by atoms with Gasteiger partial charge in [0.1, 0.15) is 22.8 Å². The zero-order valence-corrected chi connectivity index (χ0v) is 15.1. The topological polar surface area (TPSA) is 44.0 Å². The molecule has 0 spiro atoms. The summed E-state index contributed by atoms with van der Waals surface area (Å²) in [7, 11) is 3.32. The molecule has 130 valence electrons. The third-order valence-electron chi connectivity index (χ3n) is 4.28. The van der Waals surface area contributed by atoms with E-state index in [0.717, 1.165) is 45.6 Å². The molecule has 0 unspecified atom stereocenters. The second kappa shape index (κ2) is 7.43. The third-order valence-corrected chi connectivity index (χ3v) is 4.28. The van der Waals surface area contributed by atoms with Gasteiger partial charge in [0.15, 0.2) is 0 Å². The molecule has 4 heteroatoms. The number of hydrogen-bond acceptors (Lipinski definition) is 4. The highest BCUT2D eigenvalue weighted by Gasteiger charge is 2.08. The number of rotatable bonds is 5. The molecule has 1 aromatic heterocycles. The van der Waals surface area contributed by atoms with Crippen LogP contribution in [0.2, 0.25) is 0 Å². The summed E-state index contributed by atoms with van der Waals surface area (Å²) in [5.74, 6) is 2.39. The molecule has 3 aromatic rings. The zero-order valence-electron chi connectivity index (χ0n) is 15.1. The van der Waals surface area contributed by atoms with Crippen LogP contribution in [0.4, 0.5) is 0 Å². The molecule has 0 amide bonds. The first-order valence-corrected chi connectivity index (χ1v) is 8.44. The fraction of sp³-hybridized carbons (Fsp3) is 0.286. The van der Waals surface area contributed by atoms with Crippen molar-refractivity contribution in [1.82, 2.24) is 0 Å². The van der Waals surface area contributed by atoms with Crippen molar-refractivity contribution in [3.05, 3.63) is 53.9 Å². The predicted molar refractivity (Wildman–Crippen MR) is 100 cm³/mol. The van der Waals surface area contributed by atoms with Crippen LogP contribution < -0.4 is 14.8 Å². The van der Waals surface area contributed by atoms with E-state index in [1.165, 1.54) is 0 Å². The fourth-order valence-corrected chi connectivity index (χ4v) is 2.61. The van der Waals surface area contributed by atoms with Gasteiger partial charge in [0.25, 0.3) is 0 Å². The minimum Gasteiger partial charge on any atom is -0.497 e. The molecule has 0 bridgehead atoms. The molecule has 0 aliphatic heterocycles. The Morgan fingerprint density at radius 2 is 1.64 bits per heavy atom. The van der Waals surface area contributed by atoms with Crippen LogP contribution in [-0.2, 0) is 0 Å². The number of methoxy groups -OCH3 is 2. The second-order valence-electron chi connectivity index (χ2n) is 5.97. The molecule has 0 aliphatic carbocycles. The van der Waals surface area contributed by atoms with Gasteiger partial charge in [0, 0.05) is 23.1 Å². The first kappa shape index (κ1) is 17.1. The fourth-order valence-electron chi connectivity index (χ4n) is 2.61. The maximum atomic E-state index is 6.12. The number of hydrogen-bond donors (Lipinski definition) is 0. The first-order valence-electron chi connectivity index (χ1n) is 8.44. The predicted octanol–water partition coefficient (Wildman–Crippen LogP) is 4.82. The van der Waals surface area contributed by atoms with Gasteiger partial charge in [-0.3, -0.25) is 4.99 Å². The number of ether oxygens (including phenoxy) is 2. The summed E-state index contributed by atoms with van der Waals surface area (Å²) >= 11 is 0. The molecular weight excluding hydrogens is 314 g/mol. The normalized spacial score (nSPS) is 13.0. The lowest BCUT2D eigenvalue weighted by Gasteiger charge is -2.08. The van der Waals surface area contributed by atoms with E-state index in [9.17, 15) is 0 Å². The van der Waals surface area contributed by atoms with Crippen molar-refractivity contribution in [3.8, 4) is 22.8 Å². The van der Waals surface area contributed by atoms with Crippen molar-refractivity contribution >= 4 is 11.0 Å². The average Bonchev–Trinajstić information content (AvgIpc) is 2.67. The van der Waals surface area contributed by atoms with Crippen LogP contribution in [0.1, 0.15) is 20.3 Å². The van der Waals surface area contributed by atoms with E-state index in [1.54, 1.807) is 14.2 Å². The van der Waals surface area contributed by atoms with Crippen LogP contribution in [0, 0.1) is 0 Å². The largest absolute Gasteiger partial charge is 0.497 e. The lowest BCUT2D eigenvalue weighted by atomic mass is 10.1. The van der Waals surface area contributed by atoms with Crippen molar-refractivity contribution in [2.45, 2.75) is 26.3 Å². The van der Waals surface area contributed by atoms with Gasteiger partial charge in [-0.15, -0.1) is 0 Å². The van der Waals surface area contributed by atoms with Gasteiger partial charge >= 0.3 is 0 Å². The van der Waals surface area contributed by atoms with Crippen LogP contribution in [-0.4, -0.2) is 20.3 Å². The molecular formula is C21H23NO3. The second-order valence-corrected chi connectivity index (χ2v) is 5.97. The van der Waals surface area contributed by atoms with Crippen LogP contribution in [0.3, 0.4) is 0 Å². The lowest BCUT2D eigenvalue weighted by Crippen LogP contribution is -2.09. The Bertz CT molecular complexity index is 926. The summed E-state index contributed by atoms with van der Waals surface area (Å²) in [6.07, 6.45) is 0.982. The Labute approximate surface area is 147 Å². The third kappa shape index (κ3) is 3.68. The van der Waals surface area contributed by atoms with Gasteiger partial charge in [0.2, 0.25) is 0 Å². The monoisotopic (exact) mass is 337 g/mol. The van der Waals surface area contributed by atoms with Crippen molar-refractivity contribution < 1.29 is 13.9 Å². The summed E-state index contributed by atoms with van der Waals surface area (Å²) in [6.45, 7) is 4.25.